The molecule has 18 heavy (non-hydrogen) atoms. The SMILES string of the molecule is CCCNC(COC(C)C)c1cccc(C)c1F. The second-order valence-electron chi connectivity index (χ2n) is 4.87. The molecule has 2 nitrogen and oxygen atoms in total. The van der Waals surface area contributed by atoms with Crippen molar-refractivity contribution in [3.63, 3.8) is 0 Å². The Kier molecular flexibility index (Phi) is 6.30. The quantitative estimate of drug-likeness (QED) is 0.801. The fraction of sp³-hybridized carbons (Fsp3) is 0.600. The molecule has 1 unspecified atom stereocenters. The Morgan fingerprint density at radius 1 is 1.33 bits per heavy atom. The molecule has 1 atom stereocenters. The summed E-state index contributed by atoms with van der Waals surface area (Å²) in [7, 11) is 0. The molecule has 0 bridgehead atoms. The van der Waals surface area contributed by atoms with Gasteiger partial charge in [-0.25, -0.2) is 4.39 Å². The molecule has 1 N–H and O–H groups in total. The molecule has 1 aromatic rings. The molecule has 0 aromatic heterocycles. The average Bonchev–Trinajstić information content (AvgIpc) is 2.33. The van der Waals surface area contributed by atoms with Gasteiger partial charge < -0.3 is 10.1 Å². The Morgan fingerprint density at radius 2 is 2.06 bits per heavy atom. The van der Waals surface area contributed by atoms with E-state index in [0.29, 0.717) is 17.7 Å². The van der Waals surface area contributed by atoms with Gasteiger partial charge in [0.05, 0.1) is 18.8 Å². The van der Waals surface area contributed by atoms with Crippen molar-refractivity contribution in [3.8, 4) is 0 Å². The summed E-state index contributed by atoms with van der Waals surface area (Å²) >= 11 is 0. The van der Waals surface area contributed by atoms with Crippen LogP contribution in [0, 0.1) is 12.7 Å². The van der Waals surface area contributed by atoms with E-state index in [4.69, 9.17) is 4.74 Å². The van der Waals surface area contributed by atoms with Crippen LogP contribution in [0.5, 0.6) is 0 Å². The highest BCUT2D eigenvalue weighted by Crippen LogP contribution is 2.20. The summed E-state index contributed by atoms with van der Waals surface area (Å²) in [4.78, 5) is 0. The van der Waals surface area contributed by atoms with Gasteiger partial charge in [-0.15, -0.1) is 0 Å². The molecule has 0 radical (unpaired) electrons. The van der Waals surface area contributed by atoms with Crippen molar-refractivity contribution in [2.75, 3.05) is 13.2 Å². The zero-order valence-electron chi connectivity index (χ0n) is 11.8. The van der Waals surface area contributed by atoms with E-state index in [1.54, 1.807) is 13.0 Å². The Hall–Kier alpha value is -0.930. The van der Waals surface area contributed by atoms with Crippen LogP contribution in [0.25, 0.3) is 0 Å². The average molecular weight is 253 g/mol. The summed E-state index contributed by atoms with van der Waals surface area (Å²) in [6.45, 7) is 9.23. The molecule has 1 rings (SSSR count). The summed E-state index contributed by atoms with van der Waals surface area (Å²) in [6, 6.07) is 5.44. The second-order valence-corrected chi connectivity index (χ2v) is 4.87. The molecule has 0 aliphatic heterocycles. The summed E-state index contributed by atoms with van der Waals surface area (Å²) in [6.07, 6.45) is 1.18. The highest BCUT2D eigenvalue weighted by Gasteiger charge is 2.16. The molecule has 0 aliphatic carbocycles. The summed E-state index contributed by atoms with van der Waals surface area (Å²) in [5.41, 5.74) is 1.38. The number of halogens is 1. The molecule has 102 valence electrons. The summed E-state index contributed by atoms with van der Waals surface area (Å²) in [5.74, 6) is -0.126. The van der Waals surface area contributed by atoms with Gasteiger partial charge in [-0.05, 0) is 39.3 Å². The van der Waals surface area contributed by atoms with E-state index in [2.05, 4.69) is 12.2 Å². The van der Waals surface area contributed by atoms with E-state index in [0.717, 1.165) is 13.0 Å². The highest BCUT2D eigenvalue weighted by atomic mass is 19.1. The van der Waals surface area contributed by atoms with Gasteiger partial charge in [0.2, 0.25) is 0 Å². The van der Waals surface area contributed by atoms with Crippen LogP contribution in [0.2, 0.25) is 0 Å². The molecule has 0 amide bonds. The number of benzene rings is 1. The number of nitrogens with one attached hydrogen (secondary N) is 1. The third kappa shape index (κ3) is 4.39. The molecule has 3 heteroatoms. The first-order valence-corrected chi connectivity index (χ1v) is 6.66. The van der Waals surface area contributed by atoms with E-state index in [-0.39, 0.29) is 18.0 Å². The first-order chi connectivity index (χ1) is 8.56. The van der Waals surface area contributed by atoms with Crippen LogP contribution in [0.4, 0.5) is 4.39 Å². The van der Waals surface area contributed by atoms with E-state index < -0.39 is 0 Å². The minimum atomic E-state index is -0.126. The van der Waals surface area contributed by atoms with Gasteiger partial charge in [0.25, 0.3) is 0 Å². The molecular formula is C15H24FNO. The normalized spacial score (nSPS) is 13.0. The Morgan fingerprint density at radius 3 is 2.67 bits per heavy atom. The van der Waals surface area contributed by atoms with Crippen LogP contribution in [0.3, 0.4) is 0 Å². The van der Waals surface area contributed by atoms with Crippen molar-refractivity contribution < 1.29 is 9.13 Å². The lowest BCUT2D eigenvalue weighted by atomic mass is 10.0. The lowest BCUT2D eigenvalue weighted by Crippen LogP contribution is -2.28. The number of rotatable bonds is 7. The van der Waals surface area contributed by atoms with Crippen molar-refractivity contribution >= 4 is 0 Å². The van der Waals surface area contributed by atoms with Crippen LogP contribution in [-0.4, -0.2) is 19.3 Å². The Bertz CT molecular complexity index is 366. The maximum atomic E-state index is 14.1. The lowest BCUT2D eigenvalue weighted by molar-refractivity contribution is 0.0604. The number of hydrogen-bond donors (Lipinski definition) is 1. The first kappa shape index (κ1) is 15.1. The van der Waals surface area contributed by atoms with Crippen LogP contribution < -0.4 is 5.32 Å². The zero-order valence-corrected chi connectivity index (χ0v) is 11.8. The molecule has 0 saturated carbocycles. The molecule has 0 fully saturated rings. The Balaban J connectivity index is 2.83. The lowest BCUT2D eigenvalue weighted by Gasteiger charge is -2.21. The van der Waals surface area contributed by atoms with Gasteiger partial charge in [-0.1, -0.05) is 25.1 Å². The predicted molar refractivity (Wildman–Crippen MR) is 73.3 cm³/mol. The van der Waals surface area contributed by atoms with E-state index >= 15 is 0 Å². The number of hydrogen-bond acceptors (Lipinski definition) is 2. The monoisotopic (exact) mass is 253 g/mol. The third-order valence-electron chi connectivity index (χ3n) is 2.83. The van der Waals surface area contributed by atoms with E-state index in [1.807, 2.05) is 26.0 Å². The van der Waals surface area contributed by atoms with Gasteiger partial charge >= 0.3 is 0 Å². The smallest absolute Gasteiger partial charge is 0.130 e. The van der Waals surface area contributed by atoms with Crippen molar-refractivity contribution in [2.45, 2.75) is 46.3 Å². The molecular weight excluding hydrogens is 229 g/mol. The largest absolute Gasteiger partial charge is 0.377 e. The predicted octanol–water partition coefficient (Wildman–Crippen LogP) is 3.60. The minimum absolute atomic E-state index is 0.0766. The fourth-order valence-electron chi connectivity index (χ4n) is 1.81. The number of ether oxygens (including phenoxy) is 1. The van der Waals surface area contributed by atoms with Crippen molar-refractivity contribution in [1.82, 2.24) is 5.32 Å². The first-order valence-electron chi connectivity index (χ1n) is 6.66. The fourth-order valence-corrected chi connectivity index (χ4v) is 1.81. The van der Waals surface area contributed by atoms with Gasteiger partial charge in [-0.3, -0.25) is 0 Å². The molecule has 0 heterocycles. The molecule has 0 saturated heterocycles. The topological polar surface area (TPSA) is 21.3 Å². The van der Waals surface area contributed by atoms with Crippen molar-refractivity contribution in [3.05, 3.63) is 35.1 Å². The molecule has 0 aliphatic rings. The highest BCUT2D eigenvalue weighted by molar-refractivity contribution is 5.27. The maximum absolute atomic E-state index is 14.1. The third-order valence-corrected chi connectivity index (χ3v) is 2.83. The number of aryl methyl sites for hydroxylation is 1. The maximum Gasteiger partial charge on any atom is 0.130 e. The zero-order chi connectivity index (χ0) is 13.5. The summed E-state index contributed by atoms with van der Waals surface area (Å²) < 4.78 is 19.7. The minimum Gasteiger partial charge on any atom is -0.377 e. The van der Waals surface area contributed by atoms with Crippen LogP contribution >= 0.6 is 0 Å². The van der Waals surface area contributed by atoms with Crippen molar-refractivity contribution in [1.29, 1.82) is 0 Å². The Labute approximate surface area is 110 Å². The van der Waals surface area contributed by atoms with Crippen molar-refractivity contribution in [2.24, 2.45) is 0 Å². The standard InChI is InChI=1S/C15H24FNO/c1-5-9-17-14(10-18-11(2)3)13-8-6-7-12(4)15(13)16/h6-8,11,14,17H,5,9-10H2,1-4H3. The van der Waals surface area contributed by atoms with Crippen LogP contribution in [-0.2, 0) is 4.74 Å². The van der Waals surface area contributed by atoms with Gasteiger partial charge in [-0.2, -0.15) is 0 Å². The van der Waals surface area contributed by atoms with Gasteiger partial charge in [0.1, 0.15) is 5.82 Å². The van der Waals surface area contributed by atoms with Gasteiger partial charge in [0.15, 0.2) is 0 Å². The van der Waals surface area contributed by atoms with Crippen LogP contribution in [0.1, 0.15) is 44.4 Å². The van der Waals surface area contributed by atoms with E-state index in [1.165, 1.54) is 0 Å². The summed E-state index contributed by atoms with van der Waals surface area (Å²) in [5, 5.41) is 3.34. The second kappa shape index (κ2) is 7.49. The molecule has 1 aromatic carbocycles. The van der Waals surface area contributed by atoms with E-state index in [9.17, 15) is 4.39 Å². The molecule has 0 spiro atoms. The van der Waals surface area contributed by atoms with Crippen LogP contribution in [0.15, 0.2) is 18.2 Å². The van der Waals surface area contributed by atoms with Gasteiger partial charge in [0, 0.05) is 5.56 Å².